The molecule has 0 aliphatic rings. The Bertz CT molecular complexity index is 1940. The summed E-state index contributed by atoms with van der Waals surface area (Å²) in [6.45, 7) is -0.213. The van der Waals surface area contributed by atoms with E-state index >= 15 is 0 Å². The summed E-state index contributed by atoms with van der Waals surface area (Å²) >= 11 is 0. The average Bonchev–Trinajstić information content (AvgIpc) is 3.05. The van der Waals surface area contributed by atoms with Crippen LogP contribution in [0.4, 0.5) is 0 Å². The molecule has 0 radical (unpaired) electrons. The number of Topliss-reactive ketones (excluding diaryl/α,β-unsaturated/α-hetero) is 1. The van der Waals surface area contributed by atoms with Crippen LogP contribution in [0.2, 0.25) is 0 Å². The molecule has 0 aliphatic carbocycles. The lowest BCUT2D eigenvalue weighted by Crippen LogP contribution is -2.17. The molecule has 0 amide bonds. The molecule has 6 rings (SSSR count). The van der Waals surface area contributed by atoms with E-state index in [9.17, 15) is 9.59 Å². The molecule has 0 aliphatic heterocycles. The molecule has 7 nitrogen and oxygen atoms in total. The number of hydrogen-bond acceptors (Lipinski definition) is 6. The number of ether oxygens (including phenoxy) is 2. The van der Waals surface area contributed by atoms with Crippen molar-refractivity contribution in [2.24, 2.45) is 0 Å². The fourth-order valence-corrected chi connectivity index (χ4v) is 5.05. The van der Waals surface area contributed by atoms with Gasteiger partial charge < -0.3 is 14.6 Å². The molecular formula is C36H28N2O5. The number of para-hydroxylation sites is 2. The number of carboxylic acid groups (broad SMARTS) is 1. The van der Waals surface area contributed by atoms with Crippen molar-refractivity contribution in [2.45, 2.75) is 18.9 Å². The first-order chi connectivity index (χ1) is 21.0. The summed E-state index contributed by atoms with van der Waals surface area (Å²) in [4.78, 5) is 34.7. The minimum atomic E-state index is -1.07. The zero-order valence-corrected chi connectivity index (χ0v) is 23.2. The number of rotatable bonds is 11. The maximum atomic E-state index is 14.1. The molecule has 7 heteroatoms. The summed E-state index contributed by atoms with van der Waals surface area (Å²) < 4.78 is 11.5. The van der Waals surface area contributed by atoms with Crippen molar-refractivity contribution in [1.82, 2.24) is 9.97 Å². The number of ketones is 1. The third-order valence-electron chi connectivity index (χ3n) is 7.17. The molecule has 2 heterocycles. The zero-order chi connectivity index (χ0) is 29.6. The Morgan fingerprint density at radius 2 is 1.28 bits per heavy atom. The summed E-state index contributed by atoms with van der Waals surface area (Å²) in [6, 6.07) is 37.8. The SMILES string of the molecule is O=C(O)COc1cccc(C(Cc2ccc3ccccc3n2)C(=O)c2cccc(OCc3ccc4ccccc4n3)c2)c1. The van der Waals surface area contributed by atoms with Gasteiger partial charge in [0.1, 0.15) is 18.1 Å². The van der Waals surface area contributed by atoms with Crippen molar-refractivity contribution >= 4 is 33.6 Å². The van der Waals surface area contributed by atoms with Crippen molar-refractivity contribution in [1.29, 1.82) is 0 Å². The van der Waals surface area contributed by atoms with Crippen molar-refractivity contribution < 1.29 is 24.2 Å². The van der Waals surface area contributed by atoms with Crippen LogP contribution in [0.25, 0.3) is 21.8 Å². The Hall–Kier alpha value is -5.56. The first kappa shape index (κ1) is 27.6. The van der Waals surface area contributed by atoms with E-state index in [2.05, 4.69) is 4.98 Å². The van der Waals surface area contributed by atoms with Crippen LogP contribution in [0.15, 0.2) is 121 Å². The van der Waals surface area contributed by atoms with Gasteiger partial charge in [0.2, 0.25) is 0 Å². The monoisotopic (exact) mass is 568 g/mol. The Kier molecular flexibility index (Phi) is 8.04. The highest BCUT2D eigenvalue weighted by Crippen LogP contribution is 2.30. The molecule has 2 aromatic heterocycles. The van der Waals surface area contributed by atoms with Crippen molar-refractivity contribution in [3.63, 3.8) is 0 Å². The number of benzene rings is 4. The van der Waals surface area contributed by atoms with Crippen LogP contribution in [0, 0.1) is 0 Å². The number of carbonyl (C=O) groups excluding carboxylic acids is 1. The largest absolute Gasteiger partial charge is 0.487 e. The lowest BCUT2D eigenvalue weighted by Gasteiger charge is -2.18. The molecular weight excluding hydrogens is 540 g/mol. The number of carboxylic acids is 1. The number of fused-ring (bicyclic) bond motifs is 2. The Labute approximate surface area is 248 Å². The van der Waals surface area contributed by atoms with Crippen LogP contribution < -0.4 is 9.47 Å². The second-order valence-electron chi connectivity index (χ2n) is 10.2. The molecule has 43 heavy (non-hydrogen) atoms. The fourth-order valence-electron chi connectivity index (χ4n) is 5.05. The van der Waals surface area contributed by atoms with E-state index in [1.807, 2.05) is 84.9 Å². The van der Waals surface area contributed by atoms with Crippen molar-refractivity contribution in [3.05, 3.63) is 144 Å². The molecule has 0 saturated carbocycles. The van der Waals surface area contributed by atoms with Crippen LogP contribution in [0.3, 0.4) is 0 Å². The van der Waals surface area contributed by atoms with E-state index in [4.69, 9.17) is 19.6 Å². The summed E-state index contributed by atoms with van der Waals surface area (Å²) in [5.41, 5.74) is 4.49. The number of hydrogen-bond donors (Lipinski definition) is 1. The van der Waals surface area contributed by atoms with Crippen molar-refractivity contribution in [2.75, 3.05) is 6.61 Å². The van der Waals surface area contributed by atoms with Gasteiger partial charge in [-0.15, -0.1) is 0 Å². The topological polar surface area (TPSA) is 98.6 Å². The number of pyridine rings is 2. The Morgan fingerprint density at radius 3 is 2.00 bits per heavy atom. The van der Waals surface area contributed by atoms with Crippen LogP contribution in [-0.4, -0.2) is 33.4 Å². The zero-order valence-electron chi connectivity index (χ0n) is 23.2. The van der Waals surface area contributed by atoms with E-state index in [0.717, 1.165) is 33.2 Å². The average molecular weight is 569 g/mol. The molecule has 1 unspecified atom stereocenters. The lowest BCUT2D eigenvalue weighted by atomic mass is 9.86. The standard InChI is InChI=1S/C36H28N2O5/c39-35(40)23-43-30-11-5-9-26(19-30)32(21-28-17-15-24-7-1-3-13-33(24)37-28)36(41)27-10-6-12-31(20-27)42-22-29-18-16-25-8-2-4-14-34(25)38-29/h1-20,32H,21-23H2,(H,39,40). The number of aliphatic carboxylic acids is 1. The Morgan fingerprint density at radius 1 is 0.651 bits per heavy atom. The van der Waals surface area contributed by atoms with E-state index in [1.54, 1.807) is 36.4 Å². The third kappa shape index (κ3) is 6.68. The first-order valence-corrected chi connectivity index (χ1v) is 13.9. The van der Waals surface area contributed by atoms with Crippen LogP contribution in [0.5, 0.6) is 11.5 Å². The molecule has 6 aromatic rings. The smallest absolute Gasteiger partial charge is 0.341 e. The van der Waals surface area contributed by atoms with Gasteiger partial charge in [-0.3, -0.25) is 9.78 Å². The Balaban J connectivity index is 1.27. The molecule has 4 aromatic carbocycles. The van der Waals surface area contributed by atoms with E-state index in [1.165, 1.54) is 0 Å². The summed E-state index contributed by atoms with van der Waals surface area (Å²) in [6.07, 6.45) is 0.345. The maximum Gasteiger partial charge on any atom is 0.341 e. The van der Waals surface area contributed by atoms with Crippen molar-refractivity contribution in [3.8, 4) is 11.5 Å². The highest BCUT2D eigenvalue weighted by Gasteiger charge is 2.24. The second-order valence-corrected chi connectivity index (χ2v) is 10.2. The number of nitrogens with zero attached hydrogens (tertiary/aromatic N) is 2. The molecule has 1 atom stereocenters. The molecule has 0 saturated heterocycles. The van der Waals surface area contributed by atoms with Gasteiger partial charge in [-0.2, -0.15) is 0 Å². The maximum absolute atomic E-state index is 14.1. The van der Waals surface area contributed by atoms with E-state index in [-0.39, 0.29) is 12.4 Å². The molecule has 1 N–H and O–H groups in total. The summed E-state index contributed by atoms with van der Waals surface area (Å²) in [5, 5.41) is 11.1. The highest BCUT2D eigenvalue weighted by molar-refractivity contribution is 6.01. The minimum Gasteiger partial charge on any atom is -0.487 e. The number of carbonyl (C=O) groups is 2. The van der Waals surface area contributed by atoms with Crippen LogP contribution >= 0.6 is 0 Å². The van der Waals surface area contributed by atoms with Gasteiger partial charge in [-0.25, -0.2) is 9.78 Å². The molecule has 0 bridgehead atoms. The predicted molar refractivity (Wildman–Crippen MR) is 165 cm³/mol. The second kappa shape index (κ2) is 12.5. The van der Waals surface area contributed by atoms with Gasteiger partial charge in [-0.05, 0) is 54.1 Å². The predicted octanol–water partition coefficient (Wildman–Crippen LogP) is 7.03. The van der Waals surface area contributed by atoms with Gasteiger partial charge >= 0.3 is 5.97 Å². The van der Waals surface area contributed by atoms with Gasteiger partial charge in [0.15, 0.2) is 12.4 Å². The van der Waals surface area contributed by atoms with E-state index < -0.39 is 18.5 Å². The fraction of sp³-hybridized carbons (Fsp3) is 0.111. The van der Waals surface area contributed by atoms with Gasteiger partial charge in [-0.1, -0.05) is 72.8 Å². The normalized spacial score (nSPS) is 11.7. The first-order valence-electron chi connectivity index (χ1n) is 13.9. The molecule has 0 fully saturated rings. The minimum absolute atomic E-state index is 0.111. The van der Waals surface area contributed by atoms with Gasteiger partial charge in [0, 0.05) is 28.5 Å². The molecule has 212 valence electrons. The quantitative estimate of drug-likeness (QED) is 0.168. The lowest BCUT2D eigenvalue weighted by molar-refractivity contribution is -0.139. The van der Waals surface area contributed by atoms with Gasteiger partial charge in [0.25, 0.3) is 0 Å². The highest BCUT2D eigenvalue weighted by atomic mass is 16.5. The van der Waals surface area contributed by atoms with Crippen LogP contribution in [-0.2, 0) is 17.8 Å². The van der Waals surface area contributed by atoms with E-state index in [0.29, 0.717) is 29.0 Å². The number of aromatic nitrogens is 2. The van der Waals surface area contributed by atoms with Crippen LogP contribution in [0.1, 0.15) is 33.2 Å². The van der Waals surface area contributed by atoms with Gasteiger partial charge in [0.05, 0.1) is 22.6 Å². The molecule has 0 spiro atoms. The third-order valence-corrected chi connectivity index (χ3v) is 7.17. The summed E-state index contributed by atoms with van der Waals surface area (Å²) in [7, 11) is 0. The summed E-state index contributed by atoms with van der Waals surface area (Å²) in [5.74, 6) is -0.848.